The van der Waals surface area contributed by atoms with Crippen LogP contribution in [0, 0.1) is 15.9 Å². The van der Waals surface area contributed by atoms with Gasteiger partial charge >= 0.3 is 11.6 Å². The number of para-hydroxylation sites is 1. The number of halogens is 1. The van der Waals surface area contributed by atoms with E-state index >= 15 is 0 Å². The Balaban J connectivity index is 1.78. The van der Waals surface area contributed by atoms with Gasteiger partial charge in [0.05, 0.1) is 15.9 Å². The molecule has 0 bridgehead atoms. The topological polar surface area (TPSA) is 99.6 Å². The summed E-state index contributed by atoms with van der Waals surface area (Å²) in [5.74, 6) is -1.29. The van der Waals surface area contributed by atoms with Crippen LogP contribution in [0.5, 0.6) is 5.75 Å². The number of esters is 1. The third-order valence-corrected chi connectivity index (χ3v) is 5.33. The summed E-state index contributed by atoms with van der Waals surface area (Å²) in [5, 5.41) is 11.2. The SMILES string of the molecule is O=C(Oc1c(Sc2ccc([N+](=O)[O-])cc2)c(=O)oc2ccccc12)c1ccc(F)cc1. The fourth-order valence-corrected chi connectivity index (χ4v) is 3.66. The molecule has 7 nitrogen and oxygen atoms in total. The van der Waals surface area contributed by atoms with Crippen LogP contribution in [-0.2, 0) is 0 Å². The van der Waals surface area contributed by atoms with Gasteiger partial charge in [0.1, 0.15) is 16.3 Å². The van der Waals surface area contributed by atoms with Gasteiger partial charge in [0.2, 0.25) is 0 Å². The third kappa shape index (κ3) is 4.31. The van der Waals surface area contributed by atoms with Crippen molar-refractivity contribution in [2.24, 2.45) is 0 Å². The van der Waals surface area contributed by atoms with Crippen molar-refractivity contribution < 1.29 is 23.3 Å². The zero-order valence-electron chi connectivity index (χ0n) is 15.6. The quantitative estimate of drug-likeness (QED) is 0.183. The molecular weight excluding hydrogens is 425 g/mol. The number of carbonyl (C=O) groups is 1. The number of rotatable bonds is 5. The Morgan fingerprint density at radius 1 is 1.00 bits per heavy atom. The zero-order chi connectivity index (χ0) is 22.0. The van der Waals surface area contributed by atoms with Gasteiger partial charge in [0, 0.05) is 17.0 Å². The van der Waals surface area contributed by atoms with Crippen LogP contribution in [0.25, 0.3) is 11.0 Å². The number of nitro benzene ring substituents is 1. The summed E-state index contributed by atoms with van der Waals surface area (Å²) in [7, 11) is 0. The largest absolute Gasteiger partial charge is 0.422 e. The number of benzene rings is 3. The number of hydrogen-bond donors (Lipinski definition) is 0. The molecule has 4 aromatic rings. The number of fused-ring (bicyclic) bond motifs is 1. The normalized spacial score (nSPS) is 10.7. The molecule has 0 unspecified atom stereocenters. The van der Waals surface area contributed by atoms with Crippen LogP contribution in [-0.4, -0.2) is 10.9 Å². The van der Waals surface area contributed by atoms with E-state index in [-0.39, 0.29) is 27.5 Å². The molecule has 0 N–H and O–H groups in total. The molecule has 0 atom stereocenters. The monoisotopic (exact) mass is 437 g/mol. The highest BCUT2D eigenvalue weighted by Crippen LogP contribution is 2.38. The maximum Gasteiger partial charge on any atom is 0.354 e. The number of nitrogens with zero attached hydrogens (tertiary/aromatic N) is 1. The van der Waals surface area contributed by atoms with Gasteiger partial charge < -0.3 is 9.15 Å². The van der Waals surface area contributed by atoms with E-state index in [4.69, 9.17) is 9.15 Å². The highest BCUT2D eigenvalue weighted by Gasteiger charge is 2.21. The second-order valence-corrected chi connectivity index (χ2v) is 7.38. The first-order valence-electron chi connectivity index (χ1n) is 8.88. The maximum absolute atomic E-state index is 13.2. The minimum absolute atomic E-state index is 0.00279. The lowest BCUT2D eigenvalue weighted by Gasteiger charge is -2.11. The molecule has 0 saturated heterocycles. The molecule has 154 valence electrons. The Hall–Kier alpha value is -3.98. The fraction of sp³-hybridized carbons (Fsp3) is 0. The van der Waals surface area contributed by atoms with Crippen LogP contribution < -0.4 is 10.4 Å². The molecule has 0 aliphatic rings. The van der Waals surface area contributed by atoms with Gasteiger partial charge in [-0.1, -0.05) is 23.9 Å². The van der Waals surface area contributed by atoms with E-state index in [0.717, 1.165) is 23.9 Å². The predicted octanol–water partition coefficient (Wildman–Crippen LogP) is 5.21. The van der Waals surface area contributed by atoms with Crippen LogP contribution in [0.4, 0.5) is 10.1 Å². The van der Waals surface area contributed by atoms with Gasteiger partial charge in [-0.15, -0.1) is 0 Å². The molecular formula is C22H12FNO6S. The molecule has 0 spiro atoms. The first kappa shape index (κ1) is 20.3. The number of hydrogen-bond acceptors (Lipinski definition) is 7. The molecule has 4 rings (SSSR count). The standard InChI is InChI=1S/C22H12FNO6S/c23-14-7-5-13(6-8-14)21(25)30-19-17-3-1-2-4-18(17)29-22(26)20(19)31-16-11-9-15(10-12-16)24(27)28/h1-12H. The van der Waals surface area contributed by atoms with E-state index in [0.29, 0.717) is 10.3 Å². The van der Waals surface area contributed by atoms with Crippen molar-refractivity contribution in [2.75, 3.05) is 0 Å². The summed E-state index contributed by atoms with van der Waals surface area (Å²) in [5.41, 5.74) is -0.505. The number of ether oxygens (including phenoxy) is 1. The Morgan fingerprint density at radius 3 is 2.35 bits per heavy atom. The Labute approximate surface area is 178 Å². The Morgan fingerprint density at radius 2 is 1.68 bits per heavy atom. The molecule has 0 amide bonds. The second-order valence-electron chi connectivity index (χ2n) is 6.29. The molecule has 0 aliphatic heterocycles. The summed E-state index contributed by atoms with van der Waals surface area (Å²) in [6, 6.07) is 16.9. The van der Waals surface area contributed by atoms with Gasteiger partial charge in [-0.05, 0) is 48.5 Å². The summed E-state index contributed by atoms with van der Waals surface area (Å²) >= 11 is 0.950. The lowest BCUT2D eigenvalue weighted by Crippen LogP contribution is -2.13. The van der Waals surface area contributed by atoms with Gasteiger partial charge in [-0.3, -0.25) is 10.1 Å². The molecule has 31 heavy (non-hydrogen) atoms. The van der Waals surface area contributed by atoms with Crippen LogP contribution in [0.15, 0.2) is 91.8 Å². The van der Waals surface area contributed by atoms with Crippen LogP contribution >= 0.6 is 11.8 Å². The van der Waals surface area contributed by atoms with Crippen molar-refractivity contribution in [1.29, 1.82) is 0 Å². The molecule has 3 aromatic carbocycles. The first-order valence-corrected chi connectivity index (χ1v) is 9.70. The minimum atomic E-state index is -0.777. The lowest BCUT2D eigenvalue weighted by atomic mass is 10.2. The summed E-state index contributed by atoms with van der Waals surface area (Å²) in [4.78, 5) is 36.1. The summed E-state index contributed by atoms with van der Waals surface area (Å²) in [6.07, 6.45) is 0. The zero-order valence-corrected chi connectivity index (χ0v) is 16.4. The fourth-order valence-electron chi connectivity index (χ4n) is 2.79. The second kappa shape index (κ2) is 8.41. The smallest absolute Gasteiger partial charge is 0.354 e. The van der Waals surface area contributed by atoms with Gasteiger partial charge in [0.15, 0.2) is 5.75 Å². The summed E-state index contributed by atoms with van der Waals surface area (Å²) < 4.78 is 24.1. The molecule has 9 heteroatoms. The number of carbonyl (C=O) groups excluding carboxylic acids is 1. The number of non-ortho nitro benzene ring substituents is 1. The highest BCUT2D eigenvalue weighted by molar-refractivity contribution is 7.99. The van der Waals surface area contributed by atoms with Crippen molar-refractivity contribution >= 4 is 34.4 Å². The van der Waals surface area contributed by atoms with Crippen molar-refractivity contribution in [3.05, 3.63) is 105 Å². The third-order valence-electron chi connectivity index (χ3n) is 4.27. The maximum atomic E-state index is 13.2. The summed E-state index contributed by atoms with van der Waals surface area (Å²) in [6.45, 7) is 0. The number of nitro groups is 1. The molecule has 0 saturated carbocycles. The van der Waals surface area contributed by atoms with E-state index in [1.54, 1.807) is 24.3 Å². The van der Waals surface area contributed by atoms with E-state index in [2.05, 4.69) is 0 Å². The van der Waals surface area contributed by atoms with Gasteiger partial charge in [-0.25, -0.2) is 14.0 Å². The molecule has 1 aromatic heterocycles. The average molecular weight is 437 g/mol. The average Bonchev–Trinajstić information content (AvgIpc) is 2.76. The van der Waals surface area contributed by atoms with Gasteiger partial charge in [-0.2, -0.15) is 0 Å². The molecule has 0 aliphatic carbocycles. The first-order chi connectivity index (χ1) is 14.9. The Bertz CT molecular complexity index is 1350. The Kier molecular flexibility index (Phi) is 5.50. The predicted molar refractivity (Wildman–Crippen MR) is 111 cm³/mol. The lowest BCUT2D eigenvalue weighted by molar-refractivity contribution is -0.384. The van der Waals surface area contributed by atoms with Crippen LogP contribution in [0.2, 0.25) is 0 Å². The molecule has 1 heterocycles. The van der Waals surface area contributed by atoms with Crippen LogP contribution in [0.1, 0.15) is 10.4 Å². The van der Waals surface area contributed by atoms with E-state index in [1.165, 1.54) is 36.4 Å². The van der Waals surface area contributed by atoms with E-state index in [1.807, 2.05) is 0 Å². The van der Waals surface area contributed by atoms with Crippen LogP contribution in [0.3, 0.4) is 0 Å². The molecule has 0 fully saturated rings. The van der Waals surface area contributed by atoms with E-state index in [9.17, 15) is 24.1 Å². The van der Waals surface area contributed by atoms with Crippen molar-refractivity contribution in [3.8, 4) is 5.75 Å². The van der Waals surface area contributed by atoms with Gasteiger partial charge in [0.25, 0.3) is 5.69 Å². The van der Waals surface area contributed by atoms with Crippen molar-refractivity contribution in [1.82, 2.24) is 0 Å². The highest BCUT2D eigenvalue weighted by atomic mass is 32.2. The van der Waals surface area contributed by atoms with Crippen molar-refractivity contribution in [2.45, 2.75) is 9.79 Å². The van der Waals surface area contributed by atoms with E-state index < -0.39 is 22.3 Å². The minimum Gasteiger partial charge on any atom is -0.422 e. The molecule has 0 radical (unpaired) electrons. The van der Waals surface area contributed by atoms with Crippen molar-refractivity contribution in [3.63, 3.8) is 0 Å².